The van der Waals surface area contributed by atoms with Crippen LogP contribution in [0.1, 0.15) is 43.2 Å². The quantitative estimate of drug-likeness (QED) is 0.866. The number of anilines is 1. The monoisotopic (exact) mass is 284 g/mol. The van der Waals surface area contributed by atoms with E-state index >= 15 is 0 Å². The van der Waals surface area contributed by atoms with Crippen LogP contribution in [0.5, 0.6) is 0 Å². The molecule has 1 aromatic carbocycles. The molecule has 1 atom stereocenters. The van der Waals surface area contributed by atoms with Gasteiger partial charge in [-0.3, -0.25) is 14.5 Å². The summed E-state index contributed by atoms with van der Waals surface area (Å²) in [4.78, 5) is 25.9. The van der Waals surface area contributed by atoms with Crippen LogP contribution in [-0.4, -0.2) is 28.8 Å². The number of likely N-dealkylation sites (tertiary alicyclic amines) is 1. The molecule has 3 aliphatic rings. The van der Waals surface area contributed by atoms with E-state index in [4.69, 9.17) is 0 Å². The van der Waals surface area contributed by atoms with Crippen molar-refractivity contribution in [3.8, 4) is 0 Å². The van der Waals surface area contributed by atoms with E-state index in [1.54, 1.807) is 0 Å². The lowest BCUT2D eigenvalue weighted by Crippen LogP contribution is -2.36. The van der Waals surface area contributed by atoms with Gasteiger partial charge in [-0.1, -0.05) is 12.1 Å². The molecule has 2 amide bonds. The minimum absolute atomic E-state index is 0.00945. The largest absolute Gasteiger partial charge is 0.373 e. The van der Waals surface area contributed by atoms with E-state index < -0.39 is 0 Å². The Kier molecular flexibility index (Phi) is 2.98. The molecule has 0 aromatic heterocycles. The summed E-state index contributed by atoms with van der Waals surface area (Å²) >= 11 is 0. The van der Waals surface area contributed by atoms with Gasteiger partial charge in [0.25, 0.3) is 5.91 Å². The number of carbonyl (C=O) groups excluding carboxylic acids is 2. The van der Waals surface area contributed by atoms with Crippen molar-refractivity contribution in [1.29, 1.82) is 0 Å². The van der Waals surface area contributed by atoms with Gasteiger partial charge in [0, 0.05) is 11.7 Å². The van der Waals surface area contributed by atoms with E-state index in [0.717, 1.165) is 31.4 Å². The standard InChI is InChI=1S/C17H20N2O2/c20-16-10-15(17(21)19(16)12-8-9-12)18-14-7-3-5-11-4-1-2-6-13(11)14/h3,5,7,12,15,18H,1-2,4,6,8-10H2. The Morgan fingerprint density at radius 1 is 1.10 bits per heavy atom. The van der Waals surface area contributed by atoms with E-state index in [9.17, 15) is 9.59 Å². The van der Waals surface area contributed by atoms with E-state index in [1.807, 2.05) is 12.1 Å². The molecule has 4 rings (SSSR count). The molecule has 0 spiro atoms. The third-order valence-corrected chi connectivity index (χ3v) is 4.82. The Balaban J connectivity index is 1.56. The second-order valence-electron chi connectivity index (χ2n) is 6.38. The van der Waals surface area contributed by atoms with Crippen molar-refractivity contribution < 1.29 is 9.59 Å². The van der Waals surface area contributed by atoms with E-state index in [1.165, 1.54) is 28.9 Å². The summed E-state index contributed by atoms with van der Waals surface area (Å²) in [6, 6.07) is 6.08. The highest BCUT2D eigenvalue weighted by molar-refractivity contribution is 6.07. The highest BCUT2D eigenvalue weighted by Gasteiger charge is 2.46. The van der Waals surface area contributed by atoms with Gasteiger partial charge in [0.15, 0.2) is 0 Å². The molecule has 0 radical (unpaired) electrons. The highest BCUT2D eigenvalue weighted by atomic mass is 16.2. The fourth-order valence-corrected chi connectivity index (χ4v) is 3.58. The molecule has 1 saturated heterocycles. The van der Waals surface area contributed by atoms with Gasteiger partial charge in [0.1, 0.15) is 6.04 Å². The lowest BCUT2D eigenvalue weighted by Gasteiger charge is -2.22. The van der Waals surface area contributed by atoms with Crippen molar-refractivity contribution in [2.45, 2.75) is 57.0 Å². The molecular weight excluding hydrogens is 264 g/mol. The van der Waals surface area contributed by atoms with Gasteiger partial charge in [0.2, 0.25) is 5.91 Å². The summed E-state index contributed by atoms with van der Waals surface area (Å²) in [7, 11) is 0. The summed E-state index contributed by atoms with van der Waals surface area (Å²) in [6.45, 7) is 0. The van der Waals surface area contributed by atoms with Crippen LogP contribution in [0, 0.1) is 0 Å². The van der Waals surface area contributed by atoms with Gasteiger partial charge < -0.3 is 5.32 Å². The zero-order valence-electron chi connectivity index (χ0n) is 12.1. The molecule has 0 bridgehead atoms. The number of nitrogens with one attached hydrogen (secondary N) is 1. The molecule has 4 nitrogen and oxygen atoms in total. The maximum absolute atomic E-state index is 12.4. The molecule has 1 aliphatic heterocycles. The smallest absolute Gasteiger partial charge is 0.252 e. The number of amides is 2. The average Bonchev–Trinajstić information content (AvgIpc) is 3.27. The summed E-state index contributed by atoms with van der Waals surface area (Å²) in [5, 5.41) is 3.35. The molecule has 1 heterocycles. The van der Waals surface area contributed by atoms with Crippen LogP contribution in [0.3, 0.4) is 0 Å². The molecule has 2 aliphatic carbocycles. The van der Waals surface area contributed by atoms with Crippen LogP contribution < -0.4 is 5.32 Å². The first-order chi connectivity index (χ1) is 10.2. The Labute approximate surface area is 124 Å². The molecule has 4 heteroatoms. The lowest BCUT2D eigenvalue weighted by molar-refractivity contribution is -0.139. The van der Waals surface area contributed by atoms with Gasteiger partial charge in [0.05, 0.1) is 6.42 Å². The maximum Gasteiger partial charge on any atom is 0.252 e. The van der Waals surface area contributed by atoms with Crippen LogP contribution in [0.2, 0.25) is 0 Å². The van der Waals surface area contributed by atoms with Gasteiger partial charge in [-0.15, -0.1) is 0 Å². The van der Waals surface area contributed by atoms with E-state index in [-0.39, 0.29) is 23.9 Å². The number of rotatable bonds is 3. The van der Waals surface area contributed by atoms with Crippen LogP contribution in [-0.2, 0) is 22.4 Å². The summed E-state index contributed by atoms with van der Waals surface area (Å²) in [5.41, 5.74) is 3.78. The first-order valence-electron chi connectivity index (χ1n) is 7.97. The molecular formula is C17H20N2O2. The molecule has 21 heavy (non-hydrogen) atoms. The van der Waals surface area contributed by atoms with Crippen molar-refractivity contribution in [3.63, 3.8) is 0 Å². The van der Waals surface area contributed by atoms with Crippen LogP contribution in [0.15, 0.2) is 18.2 Å². The first-order valence-corrected chi connectivity index (χ1v) is 7.97. The van der Waals surface area contributed by atoms with Gasteiger partial charge in [-0.25, -0.2) is 0 Å². The number of benzene rings is 1. The predicted molar refractivity (Wildman–Crippen MR) is 80.0 cm³/mol. The third kappa shape index (κ3) is 2.23. The SMILES string of the molecule is O=C1CC(Nc2cccc3c2CCCC3)C(=O)N1C1CC1. The van der Waals surface area contributed by atoms with Crippen molar-refractivity contribution in [2.24, 2.45) is 0 Å². The summed E-state index contributed by atoms with van der Waals surface area (Å²) < 4.78 is 0. The molecule has 2 fully saturated rings. The van der Waals surface area contributed by atoms with Crippen LogP contribution >= 0.6 is 0 Å². The lowest BCUT2D eigenvalue weighted by atomic mass is 9.90. The predicted octanol–water partition coefficient (Wildman–Crippen LogP) is 2.27. The number of nitrogens with zero attached hydrogens (tertiary/aromatic N) is 1. The van der Waals surface area contributed by atoms with Gasteiger partial charge in [-0.2, -0.15) is 0 Å². The number of fused-ring (bicyclic) bond motifs is 1. The Bertz CT molecular complexity index is 607. The second kappa shape index (κ2) is 4.86. The number of hydrogen-bond donors (Lipinski definition) is 1. The summed E-state index contributed by atoms with van der Waals surface area (Å²) in [6.07, 6.45) is 6.90. The van der Waals surface area contributed by atoms with Gasteiger partial charge >= 0.3 is 0 Å². The van der Waals surface area contributed by atoms with Crippen LogP contribution in [0.4, 0.5) is 5.69 Å². The molecule has 110 valence electrons. The van der Waals surface area contributed by atoms with E-state index in [2.05, 4.69) is 11.4 Å². The minimum atomic E-state index is -0.369. The number of carbonyl (C=O) groups is 2. The zero-order chi connectivity index (χ0) is 14.4. The van der Waals surface area contributed by atoms with Crippen molar-refractivity contribution in [2.75, 3.05) is 5.32 Å². The normalized spacial score (nSPS) is 25.1. The molecule has 1 unspecified atom stereocenters. The number of aryl methyl sites for hydroxylation is 1. The number of hydrogen-bond acceptors (Lipinski definition) is 3. The third-order valence-electron chi connectivity index (χ3n) is 4.82. The zero-order valence-corrected chi connectivity index (χ0v) is 12.1. The van der Waals surface area contributed by atoms with E-state index in [0.29, 0.717) is 6.42 Å². The second-order valence-corrected chi connectivity index (χ2v) is 6.38. The Morgan fingerprint density at radius 2 is 1.90 bits per heavy atom. The summed E-state index contributed by atoms with van der Waals surface area (Å²) in [5.74, 6) is -0.0410. The van der Waals surface area contributed by atoms with Gasteiger partial charge in [-0.05, 0) is 55.7 Å². The first kappa shape index (κ1) is 12.9. The molecule has 1 saturated carbocycles. The Morgan fingerprint density at radius 3 is 2.71 bits per heavy atom. The average molecular weight is 284 g/mol. The maximum atomic E-state index is 12.4. The molecule has 1 N–H and O–H groups in total. The highest BCUT2D eigenvalue weighted by Crippen LogP contribution is 2.34. The van der Waals surface area contributed by atoms with Crippen molar-refractivity contribution in [3.05, 3.63) is 29.3 Å². The van der Waals surface area contributed by atoms with Crippen LogP contribution in [0.25, 0.3) is 0 Å². The Hall–Kier alpha value is -1.84. The van der Waals surface area contributed by atoms with Crippen molar-refractivity contribution >= 4 is 17.5 Å². The fourth-order valence-electron chi connectivity index (χ4n) is 3.58. The topological polar surface area (TPSA) is 49.4 Å². The number of imide groups is 1. The molecule has 1 aromatic rings. The van der Waals surface area contributed by atoms with Crippen molar-refractivity contribution in [1.82, 2.24) is 4.90 Å². The fraction of sp³-hybridized carbons (Fsp3) is 0.529. The minimum Gasteiger partial charge on any atom is -0.373 e.